The van der Waals surface area contributed by atoms with E-state index in [4.69, 9.17) is 10.5 Å². The van der Waals surface area contributed by atoms with Crippen LogP contribution in [-0.2, 0) is 6.42 Å². The molecule has 0 amide bonds. The number of rotatable bonds is 5. The standard InChI is InChI=1S/C14H18N2OS/c1-10(7-11-5-6-18-9-11)16-14-8-12(17-2)3-4-13(14)15/h3-6,8-10,16H,7,15H2,1-2H3. The third-order valence-corrected chi connectivity index (χ3v) is 3.52. The Balaban J connectivity index is 2.04. The maximum Gasteiger partial charge on any atom is 0.121 e. The first-order valence-electron chi connectivity index (χ1n) is 5.90. The Morgan fingerprint density at radius 3 is 2.89 bits per heavy atom. The molecule has 0 radical (unpaired) electrons. The van der Waals surface area contributed by atoms with Gasteiger partial charge in [0, 0.05) is 12.1 Å². The Kier molecular flexibility index (Phi) is 4.10. The molecule has 0 aliphatic carbocycles. The van der Waals surface area contributed by atoms with E-state index in [0.717, 1.165) is 23.5 Å². The van der Waals surface area contributed by atoms with E-state index in [1.54, 1.807) is 18.4 Å². The minimum Gasteiger partial charge on any atom is -0.497 e. The van der Waals surface area contributed by atoms with Crippen molar-refractivity contribution in [2.45, 2.75) is 19.4 Å². The van der Waals surface area contributed by atoms with Gasteiger partial charge in [0.15, 0.2) is 0 Å². The van der Waals surface area contributed by atoms with Crippen molar-refractivity contribution in [1.82, 2.24) is 0 Å². The molecule has 0 fully saturated rings. The van der Waals surface area contributed by atoms with E-state index in [1.807, 2.05) is 18.2 Å². The van der Waals surface area contributed by atoms with Gasteiger partial charge in [0.1, 0.15) is 5.75 Å². The highest BCUT2D eigenvalue weighted by molar-refractivity contribution is 7.07. The van der Waals surface area contributed by atoms with Gasteiger partial charge >= 0.3 is 0 Å². The highest BCUT2D eigenvalue weighted by atomic mass is 32.1. The van der Waals surface area contributed by atoms with E-state index in [9.17, 15) is 0 Å². The normalized spacial score (nSPS) is 12.1. The Hall–Kier alpha value is -1.68. The molecule has 1 unspecified atom stereocenters. The minimum atomic E-state index is 0.328. The van der Waals surface area contributed by atoms with E-state index < -0.39 is 0 Å². The molecule has 1 aromatic heterocycles. The number of anilines is 2. The summed E-state index contributed by atoms with van der Waals surface area (Å²) in [6.07, 6.45) is 0.986. The SMILES string of the molecule is COc1ccc(N)c(NC(C)Cc2ccsc2)c1. The van der Waals surface area contributed by atoms with E-state index in [1.165, 1.54) is 5.56 Å². The molecule has 0 bridgehead atoms. The lowest BCUT2D eigenvalue weighted by Crippen LogP contribution is -2.18. The summed E-state index contributed by atoms with van der Waals surface area (Å²) in [6.45, 7) is 2.15. The lowest BCUT2D eigenvalue weighted by Gasteiger charge is -2.17. The molecule has 96 valence electrons. The highest BCUT2D eigenvalue weighted by Crippen LogP contribution is 2.25. The first-order valence-corrected chi connectivity index (χ1v) is 6.84. The van der Waals surface area contributed by atoms with Crippen molar-refractivity contribution >= 4 is 22.7 Å². The van der Waals surface area contributed by atoms with E-state index >= 15 is 0 Å². The van der Waals surface area contributed by atoms with Gasteiger partial charge in [-0.1, -0.05) is 0 Å². The zero-order valence-corrected chi connectivity index (χ0v) is 11.5. The lowest BCUT2D eigenvalue weighted by atomic mass is 10.1. The second kappa shape index (κ2) is 5.78. The average Bonchev–Trinajstić information content (AvgIpc) is 2.84. The second-order valence-corrected chi connectivity index (χ2v) is 5.11. The Morgan fingerprint density at radius 2 is 2.22 bits per heavy atom. The summed E-state index contributed by atoms with van der Waals surface area (Å²) in [5, 5.41) is 7.70. The first kappa shape index (κ1) is 12.8. The molecule has 3 nitrogen and oxygen atoms in total. The van der Waals surface area contributed by atoms with Crippen molar-refractivity contribution in [2.75, 3.05) is 18.2 Å². The van der Waals surface area contributed by atoms with Gasteiger partial charge in [-0.3, -0.25) is 0 Å². The van der Waals surface area contributed by atoms with Crippen LogP contribution in [0.4, 0.5) is 11.4 Å². The Labute approximate surface area is 112 Å². The van der Waals surface area contributed by atoms with Gasteiger partial charge in [0.05, 0.1) is 18.5 Å². The smallest absolute Gasteiger partial charge is 0.121 e. The van der Waals surface area contributed by atoms with Crippen molar-refractivity contribution in [3.05, 3.63) is 40.6 Å². The summed E-state index contributed by atoms with van der Waals surface area (Å²) >= 11 is 1.72. The molecule has 1 aromatic carbocycles. The summed E-state index contributed by atoms with van der Waals surface area (Å²) in [6, 6.07) is 8.13. The Morgan fingerprint density at radius 1 is 1.39 bits per heavy atom. The van der Waals surface area contributed by atoms with Crippen LogP contribution in [0, 0.1) is 0 Å². The molecule has 0 aliphatic rings. The fourth-order valence-corrected chi connectivity index (χ4v) is 2.55. The van der Waals surface area contributed by atoms with Crippen LogP contribution in [-0.4, -0.2) is 13.2 Å². The molecular formula is C14H18N2OS. The van der Waals surface area contributed by atoms with E-state index in [0.29, 0.717) is 6.04 Å². The van der Waals surface area contributed by atoms with Gasteiger partial charge in [-0.15, -0.1) is 0 Å². The summed E-state index contributed by atoms with van der Waals surface area (Å²) in [7, 11) is 1.66. The molecule has 0 spiro atoms. The predicted molar refractivity (Wildman–Crippen MR) is 78.5 cm³/mol. The van der Waals surface area contributed by atoms with Crippen molar-refractivity contribution < 1.29 is 4.74 Å². The molecule has 0 saturated heterocycles. The number of thiophene rings is 1. The average molecular weight is 262 g/mol. The molecule has 4 heteroatoms. The van der Waals surface area contributed by atoms with Gasteiger partial charge < -0.3 is 15.8 Å². The fourth-order valence-electron chi connectivity index (χ4n) is 1.87. The zero-order chi connectivity index (χ0) is 13.0. The number of hydrogen-bond donors (Lipinski definition) is 2. The van der Waals surface area contributed by atoms with Crippen LogP contribution in [0.5, 0.6) is 5.75 Å². The summed E-state index contributed by atoms with van der Waals surface area (Å²) < 4.78 is 5.20. The largest absolute Gasteiger partial charge is 0.497 e. The number of nitrogens with two attached hydrogens (primary N) is 1. The monoisotopic (exact) mass is 262 g/mol. The van der Waals surface area contributed by atoms with Gasteiger partial charge in [-0.25, -0.2) is 0 Å². The van der Waals surface area contributed by atoms with Crippen molar-refractivity contribution in [3.63, 3.8) is 0 Å². The topological polar surface area (TPSA) is 47.3 Å². The summed E-state index contributed by atoms with van der Waals surface area (Å²) in [5.41, 5.74) is 8.97. The lowest BCUT2D eigenvalue weighted by molar-refractivity contribution is 0.415. The third kappa shape index (κ3) is 3.17. The van der Waals surface area contributed by atoms with Crippen LogP contribution in [0.2, 0.25) is 0 Å². The van der Waals surface area contributed by atoms with E-state index in [-0.39, 0.29) is 0 Å². The molecule has 0 saturated carbocycles. The summed E-state index contributed by atoms with van der Waals surface area (Å²) in [5.74, 6) is 0.814. The number of nitrogen functional groups attached to an aromatic ring is 1. The van der Waals surface area contributed by atoms with Crippen molar-refractivity contribution in [3.8, 4) is 5.75 Å². The van der Waals surface area contributed by atoms with E-state index in [2.05, 4.69) is 29.1 Å². The molecule has 1 atom stereocenters. The van der Waals surface area contributed by atoms with Gasteiger partial charge in [0.25, 0.3) is 0 Å². The first-order chi connectivity index (χ1) is 8.69. The number of hydrogen-bond acceptors (Lipinski definition) is 4. The fraction of sp³-hybridized carbons (Fsp3) is 0.286. The van der Waals surface area contributed by atoms with Crippen molar-refractivity contribution in [2.24, 2.45) is 0 Å². The molecule has 18 heavy (non-hydrogen) atoms. The van der Waals surface area contributed by atoms with Gasteiger partial charge in [-0.2, -0.15) is 11.3 Å². The predicted octanol–water partition coefficient (Wildman–Crippen LogP) is 3.38. The highest BCUT2D eigenvalue weighted by Gasteiger charge is 2.07. The minimum absolute atomic E-state index is 0.328. The van der Waals surface area contributed by atoms with Crippen LogP contribution >= 0.6 is 11.3 Å². The zero-order valence-electron chi connectivity index (χ0n) is 10.6. The third-order valence-electron chi connectivity index (χ3n) is 2.78. The molecule has 1 heterocycles. The number of benzene rings is 1. The van der Waals surface area contributed by atoms with Crippen LogP contribution in [0.15, 0.2) is 35.0 Å². The van der Waals surface area contributed by atoms with Crippen LogP contribution in [0.1, 0.15) is 12.5 Å². The molecule has 2 aromatic rings. The van der Waals surface area contributed by atoms with Crippen molar-refractivity contribution in [1.29, 1.82) is 0 Å². The quantitative estimate of drug-likeness (QED) is 0.812. The van der Waals surface area contributed by atoms with Crippen LogP contribution in [0.25, 0.3) is 0 Å². The molecule has 0 aliphatic heterocycles. The number of nitrogens with one attached hydrogen (secondary N) is 1. The summed E-state index contributed by atoms with van der Waals surface area (Å²) in [4.78, 5) is 0. The van der Waals surface area contributed by atoms with Crippen LogP contribution in [0.3, 0.4) is 0 Å². The van der Waals surface area contributed by atoms with Crippen LogP contribution < -0.4 is 15.8 Å². The molecular weight excluding hydrogens is 244 g/mol. The number of methoxy groups -OCH3 is 1. The molecule has 2 rings (SSSR count). The molecule has 3 N–H and O–H groups in total. The second-order valence-electron chi connectivity index (χ2n) is 4.33. The van der Waals surface area contributed by atoms with Gasteiger partial charge in [0.2, 0.25) is 0 Å². The van der Waals surface area contributed by atoms with Gasteiger partial charge in [-0.05, 0) is 47.9 Å². The Bertz CT molecular complexity index is 497. The maximum atomic E-state index is 5.95. The maximum absolute atomic E-state index is 5.95. The number of ether oxygens (including phenoxy) is 1.